The Morgan fingerprint density at radius 2 is 2.12 bits per heavy atom. The largest absolute Gasteiger partial charge is 0.338 e. The van der Waals surface area contributed by atoms with E-state index in [0.717, 1.165) is 36.7 Å². The molecule has 1 amide bonds. The van der Waals surface area contributed by atoms with Crippen LogP contribution in [0.2, 0.25) is 0 Å². The minimum Gasteiger partial charge on any atom is -0.338 e. The van der Waals surface area contributed by atoms with E-state index in [9.17, 15) is 4.79 Å². The molecule has 7 nitrogen and oxygen atoms in total. The van der Waals surface area contributed by atoms with E-state index in [4.69, 9.17) is 0 Å². The van der Waals surface area contributed by atoms with Crippen molar-refractivity contribution >= 4 is 5.91 Å². The Bertz CT molecular complexity index is 891. The smallest absolute Gasteiger partial charge is 0.255 e. The third kappa shape index (κ3) is 3.33. The molecule has 1 aliphatic heterocycles. The number of imidazole rings is 1. The minimum absolute atomic E-state index is 0.0187. The Morgan fingerprint density at radius 3 is 2.85 bits per heavy atom. The summed E-state index contributed by atoms with van der Waals surface area (Å²) in [6.45, 7) is 3.34. The number of carbonyl (C=O) groups is 1. The summed E-state index contributed by atoms with van der Waals surface area (Å²) in [5, 5.41) is 0. The molecule has 7 heteroatoms. The number of nitrogens with zero attached hydrogens (tertiary/aromatic N) is 6. The van der Waals surface area contributed by atoms with Crippen molar-refractivity contribution in [3.8, 4) is 5.82 Å². The molecular weight excluding hydrogens is 328 g/mol. The van der Waals surface area contributed by atoms with E-state index in [-0.39, 0.29) is 11.8 Å². The number of amides is 1. The van der Waals surface area contributed by atoms with E-state index in [1.165, 1.54) is 0 Å². The summed E-state index contributed by atoms with van der Waals surface area (Å²) in [6, 6.07) is 5.61. The normalized spacial score (nSPS) is 17.3. The highest BCUT2D eigenvalue weighted by Gasteiger charge is 2.26. The fourth-order valence-electron chi connectivity index (χ4n) is 3.35. The van der Waals surface area contributed by atoms with Crippen LogP contribution in [-0.4, -0.2) is 48.4 Å². The molecule has 4 heterocycles. The lowest BCUT2D eigenvalue weighted by molar-refractivity contribution is 0.0705. The van der Waals surface area contributed by atoms with Gasteiger partial charge in [-0.3, -0.25) is 9.36 Å². The van der Waals surface area contributed by atoms with Crippen LogP contribution < -0.4 is 0 Å². The van der Waals surface area contributed by atoms with Crippen LogP contribution in [0, 0.1) is 6.92 Å². The topological polar surface area (TPSA) is 76.8 Å². The van der Waals surface area contributed by atoms with E-state index in [1.807, 2.05) is 40.8 Å². The first-order valence-corrected chi connectivity index (χ1v) is 8.74. The van der Waals surface area contributed by atoms with Crippen molar-refractivity contribution in [3.63, 3.8) is 0 Å². The second-order valence-electron chi connectivity index (χ2n) is 6.49. The first-order valence-electron chi connectivity index (χ1n) is 8.74. The highest BCUT2D eigenvalue weighted by Crippen LogP contribution is 2.26. The van der Waals surface area contributed by atoms with Gasteiger partial charge in [0.15, 0.2) is 0 Å². The number of rotatable bonds is 3. The van der Waals surface area contributed by atoms with Crippen LogP contribution in [0.5, 0.6) is 0 Å². The van der Waals surface area contributed by atoms with Gasteiger partial charge in [0, 0.05) is 49.5 Å². The maximum Gasteiger partial charge on any atom is 0.255 e. The van der Waals surface area contributed by atoms with Gasteiger partial charge in [0.1, 0.15) is 18.0 Å². The maximum atomic E-state index is 12.9. The molecule has 1 saturated heterocycles. The monoisotopic (exact) mass is 348 g/mol. The van der Waals surface area contributed by atoms with Gasteiger partial charge < -0.3 is 4.90 Å². The van der Waals surface area contributed by atoms with Gasteiger partial charge in [-0.15, -0.1) is 0 Å². The van der Waals surface area contributed by atoms with Gasteiger partial charge in [-0.25, -0.2) is 19.9 Å². The molecule has 26 heavy (non-hydrogen) atoms. The molecule has 3 aromatic rings. The predicted molar refractivity (Wildman–Crippen MR) is 96.0 cm³/mol. The molecule has 3 aromatic heterocycles. The minimum atomic E-state index is 0.0187. The van der Waals surface area contributed by atoms with Crippen LogP contribution in [0.1, 0.15) is 40.6 Å². The molecule has 1 aliphatic rings. The summed E-state index contributed by atoms with van der Waals surface area (Å²) in [5.41, 5.74) is 1.62. The summed E-state index contributed by atoms with van der Waals surface area (Å²) in [5.74, 6) is 1.79. The SMILES string of the molecule is Cc1nccc([C@@H]2CCCN(C(=O)c3ccc(-n4ccnc4)nc3)C2)n1. The average Bonchev–Trinajstić information content (AvgIpc) is 3.22. The molecule has 0 aromatic carbocycles. The summed E-state index contributed by atoms with van der Waals surface area (Å²) < 4.78 is 1.81. The number of hydrogen-bond acceptors (Lipinski definition) is 5. The van der Waals surface area contributed by atoms with Crippen molar-refractivity contribution in [2.75, 3.05) is 13.1 Å². The molecule has 0 unspecified atom stereocenters. The molecule has 4 rings (SSSR count). The van der Waals surface area contributed by atoms with Crippen LogP contribution in [-0.2, 0) is 0 Å². The number of aryl methyl sites for hydroxylation is 1. The molecule has 0 saturated carbocycles. The Morgan fingerprint density at radius 1 is 1.19 bits per heavy atom. The third-order valence-corrected chi connectivity index (χ3v) is 4.69. The number of hydrogen-bond donors (Lipinski definition) is 0. The lowest BCUT2D eigenvalue weighted by Crippen LogP contribution is -2.39. The van der Waals surface area contributed by atoms with Crippen LogP contribution >= 0.6 is 0 Å². The van der Waals surface area contributed by atoms with Crippen molar-refractivity contribution < 1.29 is 4.79 Å². The van der Waals surface area contributed by atoms with Crippen molar-refractivity contribution in [1.82, 2.24) is 29.4 Å². The van der Waals surface area contributed by atoms with Crippen LogP contribution in [0.4, 0.5) is 0 Å². The Hall–Kier alpha value is -3.09. The van der Waals surface area contributed by atoms with E-state index < -0.39 is 0 Å². The Labute approximate surface area is 151 Å². The molecule has 1 atom stereocenters. The number of carbonyl (C=O) groups excluding carboxylic acids is 1. The van der Waals surface area contributed by atoms with Gasteiger partial charge in [-0.05, 0) is 38.0 Å². The van der Waals surface area contributed by atoms with Crippen molar-refractivity contribution in [2.45, 2.75) is 25.7 Å². The lowest BCUT2D eigenvalue weighted by Gasteiger charge is -2.32. The molecule has 0 aliphatic carbocycles. The number of aromatic nitrogens is 5. The molecule has 132 valence electrons. The number of piperidine rings is 1. The molecular formula is C19H20N6O. The predicted octanol–water partition coefficient (Wildman–Crippen LogP) is 2.39. The fraction of sp³-hybridized carbons (Fsp3) is 0.316. The zero-order valence-electron chi connectivity index (χ0n) is 14.6. The van der Waals surface area contributed by atoms with Gasteiger partial charge in [0.25, 0.3) is 5.91 Å². The average molecular weight is 348 g/mol. The molecule has 0 radical (unpaired) electrons. The third-order valence-electron chi connectivity index (χ3n) is 4.69. The van der Waals surface area contributed by atoms with Crippen LogP contribution in [0.3, 0.4) is 0 Å². The maximum absolute atomic E-state index is 12.9. The van der Waals surface area contributed by atoms with Crippen molar-refractivity contribution in [3.05, 3.63) is 66.4 Å². The standard InChI is InChI=1S/C19H20N6O/c1-14-21-7-6-17(23-14)16-3-2-9-24(12-16)19(26)15-4-5-18(22-11-15)25-10-8-20-13-25/h4-8,10-11,13,16H,2-3,9,12H2,1H3/t16-/m1/s1. The Balaban J connectivity index is 1.49. The van der Waals surface area contributed by atoms with E-state index in [1.54, 1.807) is 24.9 Å². The van der Waals surface area contributed by atoms with Gasteiger partial charge in [0.2, 0.25) is 0 Å². The first-order chi connectivity index (χ1) is 12.7. The van der Waals surface area contributed by atoms with Gasteiger partial charge in [-0.1, -0.05) is 0 Å². The highest BCUT2D eigenvalue weighted by atomic mass is 16.2. The summed E-state index contributed by atoms with van der Waals surface area (Å²) in [4.78, 5) is 31.9. The van der Waals surface area contributed by atoms with E-state index in [2.05, 4.69) is 19.9 Å². The zero-order chi connectivity index (χ0) is 17.9. The molecule has 0 bridgehead atoms. The van der Waals surface area contributed by atoms with Gasteiger partial charge >= 0.3 is 0 Å². The van der Waals surface area contributed by atoms with Gasteiger partial charge in [0.05, 0.1) is 5.56 Å². The number of likely N-dealkylation sites (tertiary alicyclic amines) is 1. The zero-order valence-corrected chi connectivity index (χ0v) is 14.6. The number of pyridine rings is 1. The van der Waals surface area contributed by atoms with E-state index >= 15 is 0 Å². The van der Waals surface area contributed by atoms with E-state index in [0.29, 0.717) is 12.1 Å². The van der Waals surface area contributed by atoms with Crippen LogP contribution in [0.25, 0.3) is 5.82 Å². The lowest BCUT2D eigenvalue weighted by atomic mass is 9.94. The second-order valence-corrected chi connectivity index (χ2v) is 6.49. The van der Waals surface area contributed by atoms with Crippen molar-refractivity contribution in [1.29, 1.82) is 0 Å². The molecule has 0 N–H and O–H groups in total. The summed E-state index contributed by atoms with van der Waals surface area (Å²) in [7, 11) is 0. The fourth-order valence-corrected chi connectivity index (χ4v) is 3.35. The second kappa shape index (κ2) is 7.03. The molecule has 0 spiro atoms. The highest BCUT2D eigenvalue weighted by molar-refractivity contribution is 5.94. The quantitative estimate of drug-likeness (QED) is 0.726. The first kappa shape index (κ1) is 16.4. The summed E-state index contributed by atoms with van der Waals surface area (Å²) >= 11 is 0. The molecule has 1 fully saturated rings. The van der Waals surface area contributed by atoms with Crippen LogP contribution in [0.15, 0.2) is 49.3 Å². The summed E-state index contributed by atoms with van der Waals surface area (Å²) in [6.07, 6.45) is 10.6. The van der Waals surface area contributed by atoms with Crippen molar-refractivity contribution in [2.24, 2.45) is 0 Å². The Kier molecular flexibility index (Phi) is 4.43. The van der Waals surface area contributed by atoms with Gasteiger partial charge in [-0.2, -0.15) is 0 Å².